The van der Waals surface area contributed by atoms with E-state index in [2.05, 4.69) is 25.2 Å². The van der Waals surface area contributed by atoms with Gasteiger partial charge in [-0.05, 0) is 47.7 Å². The molecule has 0 aliphatic carbocycles. The maximum Gasteiger partial charge on any atom is 0.231 e. The summed E-state index contributed by atoms with van der Waals surface area (Å²) in [4.78, 5) is 12.1. The van der Waals surface area contributed by atoms with Crippen LogP contribution in [-0.2, 0) is 11.2 Å². The zero-order valence-electron chi connectivity index (χ0n) is 13.5. The van der Waals surface area contributed by atoms with Crippen molar-refractivity contribution in [2.75, 3.05) is 12.1 Å². The number of hydrogen-bond donors (Lipinski definition) is 1. The smallest absolute Gasteiger partial charge is 0.231 e. The highest BCUT2D eigenvalue weighted by Crippen LogP contribution is 2.32. The van der Waals surface area contributed by atoms with Crippen LogP contribution in [0.1, 0.15) is 37.3 Å². The van der Waals surface area contributed by atoms with Crippen LogP contribution in [0, 0.1) is 0 Å². The molecule has 1 amide bonds. The van der Waals surface area contributed by atoms with Crippen LogP contribution < -0.4 is 14.8 Å². The number of carbonyl (C=O) groups is 1. The molecule has 2 aromatic rings. The molecule has 120 valence electrons. The molecule has 1 heterocycles. The number of hydrogen-bond acceptors (Lipinski definition) is 3. The highest BCUT2D eigenvalue weighted by atomic mass is 16.7. The van der Waals surface area contributed by atoms with Gasteiger partial charge in [-0.15, -0.1) is 0 Å². The second-order valence-corrected chi connectivity index (χ2v) is 6.02. The zero-order chi connectivity index (χ0) is 16.2. The van der Waals surface area contributed by atoms with Gasteiger partial charge in [0, 0.05) is 12.1 Å². The molecule has 0 spiro atoms. The molecule has 3 rings (SSSR count). The van der Waals surface area contributed by atoms with Crippen molar-refractivity contribution in [3.05, 3.63) is 53.6 Å². The summed E-state index contributed by atoms with van der Waals surface area (Å²) < 4.78 is 10.6. The van der Waals surface area contributed by atoms with E-state index >= 15 is 0 Å². The van der Waals surface area contributed by atoms with Gasteiger partial charge in [0.15, 0.2) is 11.5 Å². The molecular formula is C19H21NO3. The first-order chi connectivity index (χ1) is 11.1. The van der Waals surface area contributed by atoms with Crippen LogP contribution in [0.25, 0.3) is 0 Å². The third kappa shape index (κ3) is 3.83. The monoisotopic (exact) mass is 311 g/mol. The van der Waals surface area contributed by atoms with Crippen molar-refractivity contribution in [3.8, 4) is 11.5 Å². The molecule has 1 aliphatic heterocycles. The predicted octanol–water partition coefficient (Wildman–Crippen LogP) is 4.11. The summed E-state index contributed by atoms with van der Waals surface area (Å²) in [6.07, 6.45) is 1.11. The summed E-state index contributed by atoms with van der Waals surface area (Å²) in [6, 6.07) is 13.8. The first-order valence-corrected chi connectivity index (χ1v) is 7.90. The van der Waals surface area contributed by atoms with E-state index in [0.717, 1.165) is 22.7 Å². The van der Waals surface area contributed by atoms with E-state index in [4.69, 9.17) is 9.47 Å². The Morgan fingerprint density at radius 2 is 1.96 bits per heavy atom. The van der Waals surface area contributed by atoms with Crippen LogP contribution in [0.15, 0.2) is 42.5 Å². The van der Waals surface area contributed by atoms with Gasteiger partial charge in [0.1, 0.15) is 0 Å². The summed E-state index contributed by atoms with van der Waals surface area (Å²) >= 11 is 0. The van der Waals surface area contributed by atoms with Crippen molar-refractivity contribution >= 4 is 11.6 Å². The molecule has 0 bridgehead atoms. The SMILES string of the molecule is CC(C)c1cccc(NC(=O)CCc2ccc3c(c2)OCO3)c1. The zero-order valence-corrected chi connectivity index (χ0v) is 13.5. The summed E-state index contributed by atoms with van der Waals surface area (Å²) in [7, 11) is 0. The molecule has 0 radical (unpaired) electrons. The molecule has 0 aromatic heterocycles. The number of anilines is 1. The average Bonchev–Trinajstić information content (AvgIpc) is 3.01. The fourth-order valence-corrected chi connectivity index (χ4v) is 2.55. The highest BCUT2D eigenvalue weighted by molar-refractivity contribution is 5.90. The Hall–Kier alpha value is -2.49. The normalized spacial score (nSPS) is 12.5. The van der Waals surface area contributed by atoms with Gasteiger partial charge in [-0.3, -0.25) is 4.79 Å². The fraction of sp³-hybridized carbons (Fsp3) is 0.316. The van der Waals surface area contributed by atoms with Gasteiger partial charge in [-0.1, -0.05) is 32.0 Å². The standard InChI is InChI=1S/C19H21NO3/c1-13(2)15-4-3-5-16(11-15)20-19(21)9-7-14-6-8-17-18(10-14)23-12-22-17/h3-6,8,10-11,13H,7,9,12H2,1-2H3,(H,20,21). The topological polar surface area (TPSA) is 47.6 Å². The Labute approximate surface area is 136 Å². The predicted molar refractivity (Wildman–Crippen MR) is 90.0 cm³/mol. The van der Waals surface area contributed by atoms with Crippen molar-refractivity contribution < 1.29 is 14.3 Å². The van der Waals surface area contributed by atoms with Crippen molar-refractivity contribution in [2.45, 2.75) is 32.6 Å². The van der Waals surface area contributed by atoms with Crippen LogP contribution in [0.2, 0.25) is 0 Å². The molecule has 1 N–H and O–H groups in total. The third-order valence-corrected chi connectivity index (χ3v) is 3.91. The number of fused-ring (bicyclic) bond motifs is 1. The van der Waals surface area contributed by atoms with Gasteiger partial charge in [0.2, 0.25) is 12.7 Å². The minimum Gasteiger partial charge on any atom is -0.454 e. The van der Waals surface area contributed by atoms with Crippen molar-refractivity contribution in [1.82, 2.24) is 0 Å². The summed E-state index contributed by atoms with van der Waals surface area (Å²) in [5.41, 5.74) is 3.14. The van der Waals surface area contributed by atoms with E-state index < -0.39 is 0 Å². The molecule has 4 nitrogen and oxygen atoms in total. The number of amides is 1. The Morgan fingerprint density at radius 3 is 2.78 bits per heavy atom. The van der Waals surface area contributed by atoms with Crippen molar-refractivity contribution in [3.63, 3.8) is 0 Å². The van der Waals surface area contributed by atoms with E-state index in [1.54, 1.807) is 0 Å². The molecule has 2 aromatic carbocycles. The quantitative estimate of drug-likeness (QED) is 0.904. The third-order valence-electron chi connectivity index (χ3n) is 3.91. The number of ether oxygens (including phenoxy) is 2. The molecule has 23 heavy (non-hydrogen) atoms. The lowest BCUT2D eigenvalue weighted by Gasteiger charge is -2.09. The van der Waals surface area contributed by atoms with Gasteiger partial charge in [0.25, 0.3) is 0 Å². The lowest BCUT2D eigenvalue weighted by molar-refractivity contribution is -0.116. The van der Waals surface area contributed by atoms with Crippen LogP contribution in [0.5, 0.6) is 11.5 Å². The fourth-order valence-electron chi connectivity index (χ4n) is 2.55. The Kier molecular flexibility index (Phi) is 4.51. The van der Waals surface area contributed by atoms with Crippen LogP contribution in [0.3, 0.4) is 0 Å². The van der Waals surface area contributed by atoms with E-state index in [1.165, 1.54) is 5.56 Å². The molecule has 0 fully saturated rings. The molecule has 0 unspecified atom stereocenters. The molecule has 4 heteroatoms. The minimum atomic E-state index is 0.0172. The number of nitrogens with one attached hydrogen (secondary N) is 1. The Morgan fingerprint density at radius 1 is 1.13 bits per heavy atom. The van der Waals surface area contributed by atoms with E-state index in [9.17, 15) is 4.79 Å². The molecule has 1 aliphatic rings. The summed E-state index contributed by atoms with van der Waals surface area (Å²) in [5, 5.41) is 2.96. The van der Waals surface area contributed by atoms with Gasteiger partial charge in [0.05, 0.1) is 0 Å². The van der Waals surface area contributed by atoms with Crippen molar-refractivity contribution in [2.24, 2.45) is 0 Å². The largest absolute Gasteiger partial charge is 0.454 e. The molecule has 0 saturated heterocycles. The number of benzene rings is 2. The van der Waals surface area contributed by atoms with Crippen molar-refractivity contribution in [1.29, 1.82) is 0 Å². The lowest BCUT2D eigenvalue weighted by atomic mass is 10.0. The van der Waals surface area contributed by atoms with Gasteiger partial charge >= 0.3 is 0 Å². The van der Waals surface area contributed by atoms with Crippen LogP contribution >= 0.6 is 0 Å². The number of rotatable bonds is 5. The lowest BCUT2D eigenvalue weighted by Crippen LogP contribution is -2.12. The average molecular weight is 311 g/mol. The summed E-state index contributed by atoms with van der Waals surface area (Å²) in [5.74, 6) is 1.99. The van der Waals surface area contributed by atoms with E-state index in [-0.39, 0.29) is 12.7 Å². The molecular weight excluding hydrogens is 290 g/mol. The Balaban J connectivity index is 1.56. The second-order valence-electron chi connectivity index (χ2n) is 6.02. The van der Waals surface area contributed by atoms with E-state index in [0.29, 0.717) is 18.8 Å². The minimum absolute atomic E-state index is 0.0172. The van der Waals surface area contributed by atoms with Gasteiger partial charge in [-0.25, -0.2) is 0 Å². The molecule has 0 saturated carbocycles. The maximum atomic E-state index is 12.1. The van der Waals surface area contributed by atoms with Gasteiger partial charge in [-0.2, -0.15) is 0 Å². The Bertz CT molecular complexity index is 710. The molecule has 0 atom stereocenters. The first-order valence-electron chi connectivity index (χ1n) is 7.90. The van der Waals surface area contributed by atoms with E-state index in [1.807, 2.05) is 36.4 Å². The highest BCUT2D eigenvalue weighted by Gasteiger charge is 2.13. The second kappa shape index (κ2) is 6.73. The van der Waals surface area contributed by atoms with Gasteiger partial charge < -0.3 is 14.8 Å². The summed E-state index contributed by atoms with van der Waals surface area (Å²) in [6.45, 7) is 4.55. The first kappa shape index (κ1) is 15.4. The van der Waals surface area contributed by atoms with Crippen LogP contribution in [0.4, 0.5) is 5.69 Å². The number of carbonyl (C=O) groups excluding carboxylic acids is 1. The number of aryl methyl sites for hydroxylation is 1. The maximum absolute atomic E-state index is 12.1. The van der Waals surface area contributed by atoms with Crippen LogP contribution in [-0.4, -0.2) is 12.7 Å².